The lowest BCUT2D eigenvalue weighted by atomic mass is 10.0. The number of carboxylic acids is 3. The van der Waals surface area contributed by atoms with Crippen molar-refractivity contribution in [2.75, 3.05) is 26.2 Å². The molecular weight excluding hydrogens is 398 g/mol. The second-order valence-electron chi connectivity index (χ2n) is 9.13. The lowest BCUT2D eigenvalue weighted by Crippen LogP contribution is -2.58. The number of unbranched alkanes of at least 4 members (excludes halogenated alkanes) is 6. The summed E-state index contributed by atoms with van der Waals surface area (Å²) in [6.45, 7) is 8.05. The Hall–Kier alpha value is -1.89. The number of carbonyl (C=O) groups excluding carboxylic acids is 1. The number of hydrogen-bond acceptors (Lipinski definition) is 4. The van der Waals surface area contributed by atoms with Crippen molar-refractivity contribution in [1.29, 1.82) is 0 Å². The van der Waals surface area contributed by atoms with E-state index in [9.17, 15) is 29.7 Å². The van der Waals surface area contributed by atoms with Gasteiger partial charge in [-0.05, 0) is 46.0 Å². The highest BCUT2D eigenvalue weighted by Crippen LogP contribution is 2.21. The summed E-state index contributed by atoms with van der Waals surface area (Å²) in [4.78, 5) is 34.4. The van der Waals surface area contributed by atoms with Crippen LogP contribution in [0.3, 0.4) is 0 Å². The molecule has 7 heteroatoms. The van der Waals surface area contributed by atoms with Crippen LogP contribution in [-0.2, 0) is 14.4 Å². The first-order chi connectivity index (χ1) is 14.5. The molecule has 0 aromatic carbocycles. The molecule has 7 nitrogen and oxygen atoms in total. The van der Waals surface area contributed by atoms with Gasteiger partial charge in [-0.2, -0.15) is 0 Å². The first kappa shape index (κ1) is 29.1. The van der Waals surface area contributed by atoms with E-state index in [0.717, 1.165) is 25.7 Å². The van der Waals surface area contributed by atoms with Crippen molar-refractivity contribution >= 4 is 17.9 Å². The molecule has 0 saturated heterocycles. The Morgan fingerprint density at radius 3 is 1.65 bits per heavy atom. The van der Waals surface area contributed by atoms with Crippen LogP contribution in [0.25, 0.3) is 0 Å². The minimum atomic E-state index is -1.19. The summed E-state index contributed by atoms with van der Waals surface area (Å²) in [7, 11) is 0. The van der Waals surface area contributed by atoms with Crippen LogP contribution in [0.2, 0.25) is 0 Å². The number of aliphatic carboxylic acids is 3. The molecule has 0 fully saturated rings. The third-order valence-corrected chi connectivity index (χ3v) is 5.87. The van der Waals surface area contributed by atoms with Crippen LogP contribution < -0.4 is 5.11 Å². The van der Waals surface area contributed by atoms with Crippen molar-refractivity contribution in [3.63, 3.8) is 0 Å². The molecule has 0 aliphatic carbocycles. The summed E-state index contributed by atoms with van der Waals surface area (Å²) in [5, 5.41) is 30.2. The van der Waals surface area contributed by atoms with Gasteiger partial charge in [-0.3, -0.25) is 9.59 Å². The molecule has 0 radical (unpaired) electrons. The van der Waals surface area contributed by atoms with E-state index in [2.05, 4.69) is 19.1 Å². The number of carbonyl (C=O) groups is 3. The maximum absolute atomic E-state index is 11.5. The second-order valence-corrected chi connectivity index (χ2v) is 9.13. The lowest BCUT2D eigenvalue weighted by molar-refractivity contribution is -0.934. The number of carboxylic acid groups (broad SMARTS) is 3. The Kier molecular flexibility index (Phi) is 14.9. The Bertz CT molecular complexity index is 519. The highest BCUT2D eigenvalue weighted by molar-refractivity contribution is 5.70. The third-order valence-electron chi connectivity index (χ3n) is 5.87. The predicted octanol–water partition coefficient (Wildman–Crippen LogP) is 3.33. The summed E-state index contributed by atoms with van der Waals surface area (Å²) in [5.41, 5.74) is 0. The van der Waals surface area contributed by atoms with Gasteiger partial charge in [-0.15, -0.1) is 0 Å². The zero-order chi connectivity index (χ0) is 23.9. The van der Waals surface area contributed by atoms with Crippen LogP contribution >= 0.6 is 0 Å². The molecule has 0 heterocycles. The normalized spacial score (nSPS) is 16.5. The number of allylic oxidation sites excluding steroid dienone is 2. The Morgan fingerprint density at radius 2 is 1.23 bits per heavy atom. The van der Waals surface area contributed by atoms with Gasteiger partial charge in [0.2, 0.25) is 0 Å². The molecule has 0 bridgehead atoms. The van der Waals surface area contributed by atoms with Gasteiger partial charge < -0.3 is 24.6 Å². The van der Waals surface area contributed by atoms with E-state index in [1.165, 1.54) is 25.7 Å². The fourth-order valence-corrected chi connectivity index (χ4v) is 4.11. The Morgan fingerprint density at radius 1 is 0.774 bits per heavy atom. The number of quaternary nitrogens is 1. The number of hydrogen-bond donors (Lipinski definition) is 2. The molecule has 3 atom stereocenters. The summed E-state index contributed by atoms with van der Waals surface area (Å²) in [6, 6.07) is 0. The van der Waals surface area contributed by atoms with Gasteiger partial charge in [-0.25, -0.2) is 0 Å². The Labute approximate surface area is 187 Å². The fraction of sp³-hybridized carbons (Fsp3) is 0.792. The van der Waals surface area contributed by atoms with Crippen molar-refractivity contribution in [2.45, 2.75) is 79.1 Å². The number of rotatable bonds is 19. The van der Waals surface area contributed by atoms with Crippen molar-refractivity contribution in [1.82, 2.24) is 0 Å². The van der Waals surface area contributed by atoms with Crippen LogP contribution in [0.1, 0.15) is 79.1 Å². The molecule has 0 aromatic heterocycles. The van der Waals surface area contributed by atoms with E-state index in [0.29, 0.717) is 6.54 Å². The monoisotopic (exact) mass is 441 g/mol. The molecule has 0 aliphatic rings. The number of nitrogens with zero attached hydrogens (tertiary/aromatic N) is 1. The first-order valence-corrected chi connectivity index (χ1v) is 11.7. The molecule has 31 heavy (non-hydrogen) atoms. The van der Waals surface area contributed by atoms with E-state index < -0.39 is 35.7 Å². The molecule has 0 aliphatic heterocycles. The van der Waals surface area contributed by atoms with E-state index in [-0.39, 0.29) is 24.1 Å². The predicted molar refractivity (Wildman–Crippen MR) is 119 cm³/mol. The van der Waals surface area contributed by atoms with Gasteiger partial charge in [0.15, 0.2) is 0 Å². The van der Waals surface area contributed by atoms with Crippen molar-refractivity contribution < 1.29 is 34.2 Å². The fourth-order valence-electron chi connectivity index (χ4n) is 4.11. The molecule has 180 valence electrons. The van der Waals surface area contributed by atoms with E-state index in [1.807, 2.05) is 0 Å². The van der Waals surface area contributed by atoms with E-state index >= 15 is 0 Å². The van der Waals surface area contributed by atoms with E-state index in [4.69, 9.17) is 0 Å². The standard InChI is InChI=1S/C24H43NO6/c1-5-6-7-8-9-10-11-12-13-14-15-25(16-19(2)22(26)27,17-20(3)23(28)29)18-21(4)24(30)31/h10-11,19-21H,5-9,12-18H2,1-4H3,(H2-,26,27,28,29,30,31)/b11-10+. The van der Waals surface area contributed by atoms with Crippen molar-refractivity contribution in [2.24, 2.45) is 17.8 Å². The third kappa shape index (κ3) is 13.2. The van der Waals surface area contributed by atoms with Crippen LogP contribution in [0.15, 0.2) is 12.2 Å². The van der Waals surface area contributed by atoms with Gasteiger partial charge in [0.05, 0.1) is 26.2 Å². The van der Waals surface area contributed by atoms with Crippen molar-refractivity contribution in [3.8, 4) is 0 Å². The summed E-state index contributed by atoms with van der Waals surface area (Å²) in [6.07, 6.45) is 13.0. The van der Waals surface area contributed by atoms with Gasteiger partial charge in [-0.1, -0.05) is 45.3 Å². The van der Waals surface area contributed by atoms with Crippen LogP contribution in [0, 0.1) is 17.8 Å². The smallest absolute Gasteiger partial charge is 0.311 e. The zero-order valence-electron chi connectivity index (χ0n) is 19.8. The highest BCUT2D eigenvalue weighted by atomic mass is 16.4. The molecule has 0 aromatic rings. The van der Waals surface area contributed by atoms with Crippen LogP contribution in [0.5, 0.6) is 0 Å². The van der Waals surface area contributed by atoms with Gasteiger partial charge in [0.1, 0.15) is 11.8 Å². The molecule has 0 saturated carbocycles. The quantitative estimate of drug-likeness (QED) is 0.180. The topological polar surface area (TPSA) is 115 Å². The molecular formula is C24H43NO6. The lowest BCUT2D eigenvalue weighted by Gasteiger charge is -2.43. The molecule has 2 N–H and O–H groups in total. The minimum Gasteiger partial charge on any atom is -0.550 e. The SMILES string of the molecule is CCCCCC/C=C/CCCC[N+](CC(C)C(=O)[O-])(CC(C)C(=O)O)CC(C)C(=O)O. The van der Waals surface area contributed by atoms with Crippen LogP contribution in [-0.4, -0.2) is 58.8 Å². The van der Waals surface area contributed by atoms with Crippen molar-refractivity contribution in [3.05, 3.63) is 12.2 Å². The van der Waals surface area contributed by atoms with Gasteiger partial charge >= 0.3 is 11.9 Å². The largest absolute Gasteiger partial charge is 0.550 e. The maximum Gasteiger partial charge on any atom is 0.311 e. The van der Waals surface area contributed by atoms with Gasteiger partial charge in [0.25, 0.3) is 0 Å². The van der Waals surface area contributed by atoms with Crippen LogP contribution in [0.4, 0.5) is 0 Å². The molecule has 3 unspecified atom stereocenters. The maximum atomic E-state index is 11.5. The Balaban J connectivity index is 5.11. The van der Waals surface area contributed by atoms with Gasteiger partial charge in [0, 0.05) is 11.9 Å². The highest BCUT2D eigenvalue weighted by Gasteiger charge is 2.36. The average Bonchev–Trinajstić information content (AvgIpc) is 2.68. The summed E-state index contributed by atoms with van der Waals surface area (Å²) >= 11 is 0. The second kappa shape index (κ2) is 15.8. The molecule has 0 spiro atoms. The van der Waals surface area contributed by atoms with E-state index in [1.54, 1.807) is 20.8 Å². The molecule has 0 amide bonds. The zero-order valence-corrected chi connectivity index (χ0v) is 19.8. The minimum absolute atomic E-state index is 0.164. The first-order valence-electron chi connectivity index (χ1n) is 11.7. The molecule has 0 rings (SSSR count). The summed E-state index contributed by atoms with van der Waals surface area (Å²) in [5.74, 6) is -5.30. The average molecular weight is 442 g/mol. The summed E-state index contributed by atoms with van der Waals surface area (Å²) < 4.78 is 0.164.